The first kappa shape index (κ1) is 15.9. The fourth-order valence-electron chi connectivity index (χ4n) is 2.54. The highest BCUT2D eigenvalue weighted by Gasteiger charge is 2.43. The van der Waals surface area contributed by atoms with Crippen LogP contribution in [0, 0.1) is 5.92 Å². The van der Waals surface area contributed by atoms with E-state index in [1.807, 2.05) is 12.1 Å². The predicted octanol–water partition coefficient (Wildman–Crippen LogP) is 5.10. The number of carbonyl (C=O) groups excluding carboxylic acids is 1. The van der Waals surface area contributed by atoms with Gasteiger partial charge in [0.2, 0.25) is 5.91 Å². The second-order valence-corrected chi connectivity index (χ2v) is 6.00. The number of hydrogen-bond acceptors (Lipinski definition) is 1. The summed E-state index contributed by atoms with van der Waals surface area (Å²) in [4.78, 5) is 12.1. The Morgan fingerprint density at radius 1 is 1.04 bits per heavy atom. The number of anilines is 1. The van der Waals surface area contributed by atoms with Gasteiger partial charge in [-0.1, -0.05) is 23.7 Å². The maximum Gasteiger partial charge on any atom is 0.416 e. The van der Waals surface area contributed by atoms with E-state index in [4.69, 9.17) is 11.6 Å². The van der Waals surface area contributed by atoms with Crippen LogP contribution in [0.4, 0.5) is 18.9 Å². The number of amides is 1. The van der Waals surface area contributed by atoms with Gasteiger partial charge < -0.3 is 5.32 Å². The Bertz CT molecular complexity index is 710. The Kier molecular flexibility index (Phi) is 4.06. The van der Waals surface area contributed by atoms with Gasteiger partial charge in [-0.3, -0.25) is 4.79 Å². The molecule has 23 heavy (non-hydrogen) atoms. The molecule has 6 heteroatoms. The minimum absolute atomic E-state index is 0.140. The Balaban J connectivity index is 1.61. The molecule has 0 heterocycles. The molecule has 0 aromatic heterocycles. The zero-order valence-corrected chi connectivity index (χ0v) is 12.7. The molecule has 120 valence electrons. The summed E-state index contributed by atoms with van der Waals surface area (Å²) < 4.78 is 37.5. The summed E-state index contributed by atoms with van der Waals surface area (Å²) in [5.41, 5.74) is 0.674. The molecule has 0 saturated heterocycles. The number of hydrogen-bond donors (Lipinski definition) is 1. The van der Waals surface area contributed by atoms with Gasteiger partial charge >= 0.3 is 6.18 Å². The van der Waals surface area contributed by atoms with Crippen molar-refractivity contribution in [3.63, 3.8) is 0 Å². The van der Waals surface area contributed by atoms with Gasteiger partial charge in [-0.25, -0.2) is 0 Å². The van der Waals surface area contributed by atoms with E-state index in [2.05, 4.69) is 5.32 Å². The molecule has 2 aromatic rings. The number of nitrogens with one attached hydrogen (secondary N) is 1. The van der Waals surface area contributed by atoms with Crippen molar-refractivity contribution in [3.8, 4) is 0 Å². The zero-order valence-electron chi connectivity index (χ0n) is 11.9. The molecule has 0 spiro atoms. The third-order valence-electron chi connectivity index (χ3n) is 3.91. The minimum Gasteiger partial charge on any atom is -0.326 e. The summed E-state index contributed by atoms with van der Waals surface area (Å²) in [6, 6.07) is 11.8. The topological polar surface area (TPSA) is 29.1 Å². The lowest BCUT2D eigenvalue weighted by molar-refractivity contribution is -0.137. The minimum atomic E-state index is -4.38. The van der Waals surface area contributed by atoms with Gasteiger partial charge in [0.1, 0.15) is 0 Å². The van der Waals surface area contributed by atoms with Gasteiger partial charge in [0.05, 0.1) is 5.56 Å². The standard InChI is InChI=1S/C17H13ClF3NO/c18-12-5-1-10(2-6-12)14-9-15(14)16(23)22-13-7-3-11(4-8-13)17(19,20)21/h1-8,14-15H,9H2,(H,22,23)/t14-,15-/m1/s1. The van der Waals surface area contributed by atoms with Crippen molar-refractivity contribution in [2.24, 2.45) is 5.92 Å². The Morgan fingerprint density at radius 2 is 1.65 bits per heavy atom. The molecule has 1 aliphatic rings. The number of benzene rings is 2. The Hall–Kier alpha value is -2.01. The average Bonchev–Trinajstić information content (AvgIpc) is 3.28. The van der Waals surface area contributed by atoms with E-state index < -0.39 is 11.7 Å². The summed E-state index contributed by atoms with van der Waals surface area (Å²) in [6.45, 7) is 0. The van der Waals surface area contributed by atoms with Crippen LogP contribution in [0.5, 0.6) is 0 Å². The van der Waals surface area contributed by atoms with Crippen LogP contribution in [0.15, 0.2) is 48.5 Å². The van der Waals surface area contributed by atoms with Crippen molar-refractivity contribution in [1.29, 1.82) is 0 Å². The molecule has 1 amide bonds. The summed E-state index contributed by atoms with van der Waals surface area (Å²) >= 11 is 5.83. The highest BCUT2D eigenvalue weighted by Crippen LogP contribution is 2.48. The Labute approximate surface area is 136 Å². The van der Waals surface area contributed by atoms with Gasteiger partial charge in [-0.05, 0) is 54.3 Å². The first-order valence-electron chi connectivity index (χ1n) is 7.08. The zero-order chi connectivity index (χ0) is 16.6. The second kappa shape index (κ2) is 5.89. The van der Waals surface area contributed by atoms with Gasteiger partial charge in [-0.2, -0.15) is 13.2 Å². The smallest absolute Gasteiger partial charge is 0.326 e. The summed E-state index contributed by atoms with van der Waals surface area (Å²) in [7, 11) is 0. The van der Waals surface area contributed by atoms with Crippen LogP contribution in [0.2, 0.25) is 5.02 Å². The number of halogens is 4. The monoisotopic (exact) mass is 339 g/mol. The molecule has 1 aliphatic carbocycles. The van der Waals surface area contributed by atoms with Crippen molar-refractivity contribution in [3.05, 3.63) is 64.7 Å². The quantitative estimate of drug-likeness (QED) is 0.828. The first-order valence-corrected chi connectivity index (χ1v) is 7.46. The van der Waals surface area contributed by atoms with Crippen molar-refractivity contribution in [2.45, 2.75) is 18.5 Å². The SMILES string of the molecule is O=C(Nc1ccc(C(F)(F)F)cc1)[C@@H]1C[C@@H]1c1ccc(Cl)cc1. The lowest BCUT2D eigenvalue weighted by atomic mass is 10.1. The van der Waals surface area contributed by atoms with E-state index in [1.54, 1.807) is 12.1 Å². The predicted molar refractivity (Wildman–Crippen MR) is 82.4 cm³/mol. The van der Waals surface area contributed by atoms with E-state index in [0.29, 0.717) is 10.7 Å². The number of rotatable bonds is 3. The Morgan fingerprint density at radius 3 is 2.22 bits per heavy atom. The van der Waals surface area contributed by atoms with Crippen LogP contribution in [0.3, 0.4) is 0 Å². The third kappa shape index (κ3) is 3.67. The molecule has 3 rings (SSSR count). The molecule has 1 fully saturated rings. The lowest BCUT2D eigenvalue weighted by Crippen LogP contribution is -2.14. The van der Waals surface area contributed by atoms with Crippen LogP contribution >= 0.6 is 11.6 Å². The van der Waals surface area contributed by atoms with Crippen molar-refractivity contribution < 1.29 is 18.0 Å². The largest absolute Gasteiger partial charge is 0.416 e. The van der Waals surface area contributed by atoms with Crippen molar-refractivity contribution in [2.75, 3.05) is 5.32 Å². The van der Waals surface area contributed by atoms with E-state index in [9.17, 15) is 18.0 Å². The van der Waals surface area contributed by atoms with Crippen molar-refractivity contribution in [1.82, 2.24) is 0 Å². The van der Waals surface area contributed by atoms with E-state index in [0.717, 1.165) is 24.1 Å². The van der Waals surface area contributed by atoms with Crippen LogP contribution < -0.4 is 5.32 Å². The third-order valence-corrected chi connectivity index (χ3v) is 4.16. The molecule has 0 unspecified atom stereocenters. The maximum atomic E-state index is 12.5. The van der Waals surface area contributed by atoms with Gasteiger partial charge in [0.15, 0.2) is 0 Å². The van der Waals surface area contributed by atoms with Gasteiger partial charge in [0, 0.05) is 16.6 Å². The van der Waals surface area contributed by atoms with E-state index in [-0.39, 0.29) is 17.7 Å². The molecule has 2 aromatic carbocycles. The molecule has 0 aliphatic heterocycles. The highest BCUT2D eigenvalue weighted by molar-refractivity contribution is 6.30. The van der Waals surface area contributed by atoms with Crippen LogP contribution in [0.1, 0.15) is 23.5 Å². The first-order chi connectivity index (χ1) is 10.8. The summed E-state index contributed by atoms with van der Waals surface area (Å²) in [5.74, 6) is -0.190. The molecule has 2 nitrogen and oxygen atoms in total. The van der Waals surface area contributed by atoms with Crippen LogP contribution in [-0.4, -0.2) is 5.91 Å². The highest BCUT2D eigenvalue weighted by atomic mass is 35.5. The van der Waals surface area contributed by atoms with E-state index in [1.165, 1.54) is 12.1 Å². The van der Waals surface area contributed by atoms with Gasteiger partial charge in [-0.15, -0.1) is 0 Å². The maximum absolute atomic E-state index is 12.5. The van der Waals surface area contributed by atoms with Crippen LogP contribution in [-0.2, 0) is 11.0 Å². The molecule has 0 radical (unpaired) electrons. The van der Waals surface area contributed by atoms with Gasteiger partial charge in [0.25, 0.3) is 0 Å². The normalized spacial score (nSPS) is 20.2. The average molecular weight is 340 g/mol. The fourth-order valence-corrected chi connectivity index (χ4v) is 2.67. The van der Waals surface area contributed by atoms with Crippen LogP contribution in [0.25, 0.3) is 0 Å². The molecule has 2 atom stereocenters. The summed E-state index contributed by atoms with van der Waals surface area (Å²) in [6.07, 6.45) is -3.65. The molecular formula is C17H13ClF3NO. The molecule has 1 N–H and O–H groups in total. The lowest BCUT2D eigenvalue weighted by Gasteiger charge is -2.09. The fraction of sp³-hybridized carbons (Fsp3) is 0.235. The summed E-state index contributed by atoms with van der Waals surface area (Å²) in [5, 5.41) is 3.30. The molecular weight excluding hydrogens is 327 g/mol. The second-order valence-electron chi connectivity index (χ2n) is 5.56. The van der Waals surface area contributed by atoms with Crippen molar-refractivity contribution >= 4 is 23.2 Å². The number of alkyl halides is 3. The van der Waals surface area contributed by atoms with E-state index >= 15 is 0 Å². The molecule has 0 bridgehead atoms. The molecule has 1 saturated carbocycles. The number of carbonyl (C=O) groups is 1.